The normalized spacial score (nSPS) is 12.8. The highest BCUT2D eigenvalue weighted by atomic mass is 19.1. The summed E-state index contributed by atoms with van der Waals surface area (Å²) in [6, 6.07) is 9.97. The van der Waals surface area contributed by atoms with E-state index in [0.29, 0.717) is 22.5 Å². The number of nitrogens with two attached hydrogens (primary N) is 1. The van der Waals surface area contributed by atoms with Crippen molar-refractivity contribution in [2.45, 2.75) is 6.10 Å². The van der Waals surface area contributed by atoms with Crippen LogP contribution < -0.4 is 5.73 Å². The monoisotopic (exact) mass is 272 g/mol. The molecule has 5 nitrogen and oxygen atoms in total. The van der Waals surface area contributed by atoms with Crippen LogP contribution in [0.15, 0.2) is 42.7 Å². The molecule has 0 bridgehead atoms. The first-order valence-electron chi connectivity index (χ1n) is 6.17. The molecule has 0 amide bonds. The maximum atomic E-state index is 13.6. The van der Waals surface area contributed by atoms with Gasteiger partial charge in [0.05, 0.1) is 11.2 Å². The van der Waals surface area contributed by atoms with Crippen molar-refractivity contribution < 1.29 is 9.50 Å². The van der Waals surface area contributed by atoms with Crippen LogP contribution in [-0.4, -0.2) is 26.2 Å². The van der Waals surface area contributed by atoms with E-state index in [4.69, 9.17) is 5.73 Å². The lowest BCUT2D eigenvalue weighted by Gasteiger charge is -2.09. The number of rotatable bonds is 3. The number of hydrogen-bond acceptors (Lipinski definition) is 4. The van der Waals surface area contributed by atoms with E-state index >= 15 is 0 Å². The number of para-hydroxylation sites is 1. The number of aliphatic hydroxyl groups is 1. The minimum atomic E-state index is -0.818. The second-order valence-corrected chi connectivity index (χ2v) is 4.39. The average molecular weight is 272 g/mol. The molecule has 0 aliphatic heterocycles. The number of fused-ring (bicyclic) bond motifs is 1. The van der Waals surface area contributed by atoms with Crippen LogP contribution in [0.25, 0.3) is 16.9 Å². The van der Waals surface area contributed by atoms with Gasteiger partial charge in [-0.2, -0.15) is 0 Å². The van der Waals surface area contributed by atoms with Crippen molar-refractivity contribution in [1.29, 1.82) is 0 Å². The Kier molecular flexibility index (Phi) is 3.17. The molecular weight excluding hydrogens is 259 g/mol. The number of imidazole rings is 1. The molecular formula is C14H13FN4O. The van der Waals surface area contributed by atoms with E-state index < -0.39 is 6.10 Å². The molecule has 0 spiro atoms. The van der Waals surface area contributed by atoms with Crippen LogP contribution in [0.2, 0.25) is 0 Å². The van der Waals surface area contributed by atoms with E-state index in [0.717, 1.165) is 0 Å². The van der Waals surface area contributed by atoms with Crippen molar-refractivity contribution in [1.82, 2.24) is 14.5 Å². The third-order valence-electron chi connectivity index (χ3n) is 3.09. The van der Waals surface area contributed by atoms with Gasteiger partial charge < -0.3 is 10.8 Å². The highest BCUT2D eigenvalue weighted by molar-refractivity contribution is 5.77. The van der Waals surface area contributed by atoms with Gasteiger partial charge in [-0.05, 0) is 24.3 Å². The van der Waals surface area contributed by atoms with Gasteiger partial charge in [0.2, 0.25) is 0 Å². The number of benzene rings is 1. The summed E-state index contributed by atoms with van der Waals surface area (Å²) in [5.41, 5.74) is 6.81. The largest absolute Gasteiger partial charge is 0.385 e. The lowest BCUT2D eigenvalue weighted by atomic mass is 10.2. The lowest BCUT2D eigenvalue weighted by molar-refractivity contribution is 0.182. The fourth-order valence-electron chi connectivity index (χ4n) is 2.07. The Labute approximate surface area is 114 Å². The van der Waals surface area contributed by atoms with Crippen LogP contribution in [0.5, 0.6) is 0 Å². The summed E-state index contributed by atoms with van der Waals surface area (Å²) in [6.45, 7) is 0.0930. The Bertz CT molecular complexity index is 756. The zero-order chi connectivity index (χ0) is 14.1. The summed E-state index contributed by atoms with van der Waals surface area (Å²) in [5, 5.41) is 9.74. The van der Waals surface area contributed by atoms with Crippen molar-refractivity contribution in [2.75, 3.05) is 6.54 Å². The van der Waals surface area contributed by atoms with E-state index in [9.17, 15) is 9.50 Å². The molecule has 3 N–H and O–H groups in total. The molecule has 0 saturated carbocycles. The van der Waals surface area contributed by atoms with E-state index in [1.165, 1.54) is 12.4 Å². The summed E-state index contributed by atoms with van der Waals surface area (Å²) in [6.07, 6.45) is 0.691. The molecule has 20 heavy (non-hydrogen) atoms. The minimum Gasteiger partial charge on any atom is -0.385 e. The van der Waals surface area contributed by atoms with Crippen LogP contribution >= 0.6 is 0 Å². The number of aromatic nitrogens is 3. The van der Waals surface area contributed by atoms with Crippen LogP contribution in [0.3, 0.4) is 0 Å². The van der Waals surface area contributed by atoms with Gasteiger partial charge in [-0.1, -0.05) is 12.1 Å². The summed E-state index contributed by atoms with van der Waals surface area (Å²) in [4.78, 5) is 8.39. The standard InChI is InChI=1S/C14H13FN4O/c15-9-3-1-5-11-14(9)17-8-19(11)13-6-2-4-10(18-13)12(20)7-16/h1-6,8,12,20H,7,16H2. The van der Waals surface area contributed by atoms with Gasteiger partial charge in [0.15, 0.2) is 5.82 Å². The minimum absolute atomic E-state index is 0.0930. The van der Waals surface area contributed by atoms with Crippen molar-refractivity contribution in [3.05, 3.63) is 54.2 Å². The molecule has 6 heteroatoms. The SMILES string of the molecule is NCC(O)c1cccc(-n2cnc3c(F)cccc32)n1. The number of pyridine rings is 1. The fourth-order valence-corrected chi connectivity index (χ4v) is 2.07. The average Bonchev–Trinajstić information content (AvgIpc) is 2.92. The topological polar surface area (TPSA) is 77.0 Å². The quantitative estimate of drug-likeness (QED) is 0.758. The van der Waals surface area contributed by atoms with Crippen LogP contribution in [0, 0.1) is 5.82 Å². The molecule has 2 heterocycles. The molecule has 3 aromatic rings. The first-order valence-corrected chi connectivity index (χ1v) is 6.17. The number of hydrogen-bond donors (Lipinski definition) is 2. The number of nitrogens with zero attached hydrogens (tertiary/aromatic N) is 3. The number of aliphatic hydroxyl groups excluding tert-OH is 1. The molecule has 3 rings (SSSR count). The van der Waals surface area contributed by atoms with Gasteiger partial charge in [-0.25, -0.2) is 14.4 Å². The predicted octanol–water partition coefficient (Wildman–Crippen LogP) is 1.55. The molecule has 2 aromatic heterocycles. The second kappa shape index (κ2) is 4.99. The Balaban J connectivity index is 2.14. The highest BCUT2D eigenvalue weighted by Crippen LogP contribution is 2.20. The smallest absolute Gasteiger partial charge is 0.151 e. The Morgan fingerprint density at radius 3 is 2.85 bits per heavy atom. The van der Waals surface area contributed by atoms with Gasteiger partial charge in [0.1, 0.15) is 23.8 Å². The molecule has 0 radical (unpaired) electrons. The first-order chi connectivity index (χ1) is 9.70. The van der Waals surface area contributed by atoms with Crippen LogP contribution in [0.4, 0.5) is 4.39 Å². The molecule has 0 aliphatic carbocycles. The maximum Gasteiger partial charge on any atom is 0.151 e. The molecule has 1 aromatic carbocycles. The Hall–Kier alpha value is -2.31. The zero-order valence-corrected chi connectivity index (χ0v) is 10.6. The van der Waals surface area contributed by atoms with E-state index in [-0.39, 0.29) is 12.4 Å². The summed E-state index contributed by atoms with van der Waals surface area (Å²) < 4.78 is 15.3. The van der Waals surface area contributed by atoms with Gasteiger partial charge >= 0.3 is 0 Å². The van der Waals surface area contributed by atoms with Gasteiger partial charge in [0.25, 0.3) is 0 Å². The Morgan fingerprint density at radius 2 is 2.05 bits per heavy atom. The predicted molar refractivity (Wildman–Crippen MR) is 72.8 cm³/mol. The number of halogens is 1. The van der Waals surface area contributed by atoms with Crippen LogP contribution in [0.1, 0.15) is 11.8 Å². The zero-order valence-electron chi connectivity index (χ0n) is 10.6. The molecule has 0 saturated heterocycles. The molecule has 1 unspecified atom stereocenters. The van der Waals surface area contributed by atoms with Gasteiger partial charge in [-0.3, -0.25) is 4.57 Å². The summed E-state index contributed by atoms with van der Waals surface area (Å²) >= 11 is 0. The first kappa shape index (κ1) is 12.7. The van der Waals surface area contributed by atoms with Crippen LogP contribution in [-0.2, 0) is 0 Å². The van der Waals surface area contributed by atoms with Crippen molar-refractivity contribution >= 4 is 11.0 Å². The van der Waals surface area contributed by atoms with Crippen molar-refractivity contribution in [3.63, 3.8) is 0 Å². The fraction of sp³-hybridized carbons (Fsp3) is 0.143. The molecule has 1 atom stereocenters. The van der Waals surface area contributed by atoms with Gasteiger partial charge in [-0.15, -0.1) is 0 Å². The molecule has 102 valence electrons. The van der Waals surface area contributed by atoms with E-state index in [1.807, 2.05) is 0 Å². The van der Waals surface area contributed by atoms with Gasteiger partial charge in [0, 0.05) is 6.54 Å². The van der Waals surface area contributed by atoms with E-state index in [1.54, 1.807) is 34.9 Å². The molecule has 0 fully saturated rings. The lowest BCUT2D eigenvalue weighted by Crippen LogP contribution is -2.13. The maximum absolute atomic E-state index is 13.6. The third kappa shape index (κ3) is 2.04. The highest BCUT2D eigenvalue weighted by Gasteiger charge is 2.11. The third-order valence-corrected chi connectivity index (χ3v) is 3.09. The van der Waals surface area contributed by atoms with Crippen molar-refractivity contribution in [3.8, 4) is 5.82 Å². The second-order valence-electron chi connectivity index (χ2n) is 4.39. The summed E-state index contributed by atoms with van der Waals surface area (Å²) in [7, 11) is 0. The summed E-state index contributed by atoms with van der Waals surface area (Å²) in [5.74, 6) is 0.183. The van der Waals surface area contributed by atoms with E-state index in [2.05, 4.69) is 9.97 Å². The molecule has 0 aliphatic rings. The van der Waals surface area contributed by atoms with Crippen molar-refractivity contribution in [2.24, 2.45) is 5.73 Å². The Morgan fingerprint density at radius 1 is 1.25 bits per heavy atom.